The zero-order chi connectivity index (χ0) is 15.5. The van der Waals surface area contributed by atoms with Crippen molar-refractivity contribution in [1.29, 1.82) is 0 Å². The van der Waals surface area contributed by atoms with Gasteiger partial charge in [0.05, 0.1) is 12.8 Å². The highest BCUT2D eigenvalue weighted by atomic mass is 16.6. The van der Waals surface area contributed by atoms with Crippen LogP contribution in [0.4, 0.5) is 4.79 Å². The van der Waals surface area contributed by atoms with E-state index in [0.717, 1.165) is 5.56 Å². The number of fused-ring (bicyclic) bond motifs is 1. The molecule has 118 valence electrons. The summed E-state index contributed by atoms with van der Waals surface area (Å²) in [6, 6.07) is 9.84. The first kappa shape index (κ1) is 15.0. The first-order valence-corrected chi connectivity index (χ1v) is 7.26. The molecule has 7 heteroatoms. The Kier molecular flexibility index (Phi) is 4.37. The van der Waals surface area contributed by atoms with Crippen LogP contribution in [-0.2, 0) is 14.3 Å². The highest BCUT2D eigenvalue weighted by molar-refractivity contribution is 5.89. The smallest absolute Gasteiger partial charge is 0.383 e. The highest BCUT2D eigenvalue weighted by Gasteiger charge is 2.46. The summed E-state index contributed by atoms with van der Waals surface area (Å²) < 4.78 is 9.85. The lowest BCUT2D eigenvalue weighted by molar-refractivity contribution is -0.154. The first-order chi connectivity index (χ1) is 10.7. The van der Waals surface area contributed by atoms with Gasteiger partial charge in [-0.25, -0.2) is 4.79 Å². The number of esters is 1. The predicted octanol–water partition coefficient (Wildman–Crippen LogP) is 0.445. The molecule has 7 nitrogen and oxygen atoms in total. The molecule has 2 N–H and O–H groups in total. The quantitative estimate of drug-likeness (QED) is 0.621. The normalized spacial score (nSPS) is 28.2. The molecule has 0 aromatic heterocycles. The van der Waals surface area contributed by atoms with E-state index in [-0.39, 0.29) is 6.17 Å². The second kappa shape index (κ2) is 6.43. The molecule has 3 atom stereocenters. The maximum Gasteiger partial charge on any atom is 0.418 e. The minimum atomic E-state index is -0.621. The number of amides is 1. The van der Waals surface area contributed by atoms with Gasteiger partial charge in [-0.3, -0.25) is 20.3 Å². The van der Waals surface area contributed by atoms with Crippen molar-refractivity contribution in [1.82, 2.24) is 15.5 Å². The number of hydrogen-bond donors (Lipinski definition) is 2. The Labute approximate surface area is 128 Å². The molecule has 0 bridgehead atoms. The highest BCUT2D eigenvalue weighted by Crippen LogP contribution is 2.25. The Morgan fingerprint density at radius 1 is 1.32 bits per heavy atom. The molecule has 2 saturated heterocycles. The van der Waals surface area contributed by atoms with Crippen LogP contribution < -0.4 is 10.6 Å². The number of methoxy groups -OCH3 is 1. The van der Waals surface area contributed by atoms with Gasteiger partial charge in [0.1, 0.15) is 12.1 Å². The van der Waals surface area contributed by atoms with Gasteiger partial charge in [-0.2, -0.15) is 0 Å². The van der Waals surface area contributed by atoms with E-state index in [2.05, 4.69) is 10.6 Å². The molecule has 1 aromatic rings. The van der Waals surface area contributed by atoms with E-state index in [1.54, 1.807) is 7.11 Å². The fraction of sp³-hybridized carbons (Fsp3) is 0.467. The minimum Gasteiger partial charge on any atom is -0.383 e. The second-order valence-electron chi connectivity index (χ2n) is 5.34. The van der Waals surface area contributed by atoms with Crippen LogP contribution in [0.1, 0.15) is 11.7 Å². The van der Waals surface area contributed by atoms with Crippen molar-refractivity contribution in [2.75, 3.05) is 26.8 Å². The number of benzene rings is 1. The van der Waals surface area contributed by atoms with Gasteiger partial charge in [0.15, 0.2) is 0 Å². The van der Waals surface area contributed by atoms with Crippen LogP contribution in [0.15, 0.2) is 30.3 Å². The van der Waals surface area contributed by atoms with Crippen LogP contribution in [0.3, 0.4) is 0 Å². The number of cyclic esters (lactones) is 2. The lowest BCUT2D eigenvalue weighted by Gasteiger charge is -2.45. The number of rotatable bonds is 4. The Balaban J connectivity index is 1.79. The minimum absolute atomic E-state index is 0.119. The number of carbonyl (C=O) groups is 2. The third kappa shape index (κ3) is 2.83. The van der Waals surface area contributed by atoms with E-state index >= 15 is 0 Å². The van der Waals surface area contributed by atoms with Crippen molar-refractivity contribution in [3.63, 3.8) is 0 Å². The van der Waals surface area contributed by atoms with Crippen molar-refractivity contribution in [2.45, 2.75) is 12.3 Å². The molecule has 1 aromatic carbocycles. The number of hydrogen-bond acceptors (Lipinski definition) is 6. The van der Waals surface area contributed by atoms with Crippen molar-refractivity contribution in [3.8, 4) is 0 Å². The van der Waals surface area contributed by atoms with E-state index in [4.69, 9.17) is 9.47 Å². The van der Waals surface area contributed by atoms with E-state index in [0.29, 0.717) is 19.7 Å². The Hall–Kier alpha value is -1.96. The SMILES string of the molecule is COCCN1C(=O)OC(=O)C2CNC(c3ccccc3)NC21. The number of ether oxygens (including phenoxy) is 2. The molecule has 0 aliphatic carbocycles. The van der Waals surface area contributed by atoms with E-state index in [1.165, 1.54) is 4.90 Å². The molecule has 2 fully saturated rings. The zero-order valence-corrected chi connectivity index (χ0v) is 12.3. The van der Waals surface area contributed by atoms with Crippen molar-refractivity contribution < 1.29 is 19.1 Å². The number of nitrogens with zero attached hydrogens (tertiary/aromatic N) is 1. The lowest BCUT2D eigenvalue weighted by atomic mass is 9.98. The fourth-order valence-corrected chi connectivity index (χ4v) is 2.84. The van der Waals surface area contributed by atoms with Crippen molar-refractivity contribution in [2.24, 2.45) is 5.92 Å². The molecule has 3 rings (SSSR count). The Morgan fingerprint density at radius 3 is 2.82 bits per heavy atom. The summed E-state index contributed by atoms with van der Waals surface area (Å²) in [7, 11) is 1.57. The molecule has 2 aliphatic rings. The molecule has 0 radical (unpaired) electrons. The van der Waals surface area contributed by atoms with Crippen LogP contribution >= 0.6 is 0 Å². The monoisotopic (exact) mass is 305 g/mol. The van der Waals surface area contributed by atoms with Crippen LogP contribution in [0.25, 0.3) is 0 Å². The molecule has 2 aliphatic heterocycles. The summed E-state index contributed by atoms with van der Waals surface area (Å²) in [6.45, 7) is 1.21. The molecular formula is C15H19N3O4. The van der Waals surface area contributed by atoms with Gasteiger partial charge >= 0.3 is 12.1 Å². The Bertz CT molecular complexity index is 551. The van der Waals surface area contributed by atoms with E-state index in [9.17, 15) is 9.59 Å². The van der Waals surface area contributed by atoms with Gasteiger partial charge in [0, 0.05) is 20.2 Å². The first-order valence-electron chi connectivity index (χ1n) is 7.26. The van der Waals surface area contributed by atoms with Crippen molar-refractivity contribution >= 4 is 12.1 Å². The van der Waals surface area contributed by atoms with Gasteiger partial charge in [-0.05, 0) is 5.56 Å². The molecular weight excluding hydrogens is 286 g/mol. The standard InChI is InChI=1S/C15H19N3O4/c1-21-8-7-18-13-11(14(19)22-15(18)20)9-16-12(17-13)10-5-3-2-4-6-10/h2-6,11-13,16-17H,7-9H2,1H3. The van der Waals surface area contributed by atoms with Crippen LogP contribution in [-0.4, -0.2) is 49.9 Å². The van der Waals surface area contributed by atoms with Crippen LogP contribution in [0, 0.1) is 5.92 Å². The van der Waals surface area contributed by atoms with Gasteiger partial charge in [-0.1, -0.05) is 30.3 Å². The number of carbonyl (C=O) groups excluding carboxylic acids is 2. The van der Waals surface area contributed by atoms with Gasteiger partial charge in [-0.15, -0.1) is 0 Å². The summed E-state index contributed by atoms with van der Waals surface area (Å²) in [5.74, 6) is -0.912. The summed E-state index contributed by atoms with van der Waals surface area (Å²) >= 11 is 0. The molecule has 1 amide bonds. The average Bonchev–Trinajstić information content (AvgIpc) is 2.55. The summed E-state index contributed by atoms with van der Waals surface area (Å²) in [6.07, 6.45) is -1.13. The Morgan fingerprint density at radius 2 is 2.09 bits per heavy atom. The second-order valence-corrected chi connectivity index (χ2v) is 5.34. The molecule has 3 unspecified atom stereocenters. The predicted molar refractivity (Wildman–Crippen MR) is 77.7 cm³/mol. The van der Waals surface area contributed by atoms with Gasteiger partial charge in [0.2, 0.25) is 0 Å². The molecule has 22 heavy (non-hydrogen) atoms. The van der Waals surface area contributed by atoms with Gasteiger partial charge in [0.25, 0.3) is 0 Å². The fourth-order valence-electron chi connectivity index (χ4n) is 2.84. The maximum atomic E-state index is 12.0. The largest absolute Gasteiger partial charge is 0.418 e. The third-order valence-electron chi connectivity index (χ3n) is 3.99. The molecule has 0 saturated carbocycles. The maximum absolute atomic E-state index is 12.0. The lowest BCUT2D eigenvalue weighted by Crippen LogP contribution is -2.67. The third-order valence-corrected chi connectivity index (χ3v) is 3.99. The summed E-state index contributed by atoms with van der Waals surface area (Å²) in [4.78, 5) is 25.4. The topological polar surface area (TPSA) is 79.9 Å². The zero-order valence-electron chi connectivity index (χ0n) is 12.3. The van der Waals surface area contributed by atoms with Gasteiger partial charge < -0.3 is 9.47 Å². The summed E-state index contributed by atoms with van der Waals surface area (Å²) in [5, 5.41) is 6.60. The summed E-state index contributed by atoms with van der Waals surface area (Å²) in [5.41, 5.74) is 1.05. The average molecular weight is 305 g/mol. The van der Waals surface area contributed by atoms with Crippen LogP contribution in [0.2, 0.25) is 0 Å². The van der Waals surface area contributed by atoms with Crippen LogP contribution in [0.5, 0.6) is 0 Å². The van der Waals surface area contributed by atoms with E-state index < -0.39 is 24.1 Å². The van der Waals surface area contributed by atoms with Crippen molar-refractivity contribution in [3.05, 3.63) is 35.9 Å². The molecule has 2 heterocycles. The molecule has 0 spiro atoms. The van der Waals surface area contributed by atoms with E-state index in [1.807, 2.05) is 30.3 Å². The number of nitrogens with one attached hydrogen (secondary N) is 2.